The summed E-state index contributed by atoms with van der Waals surface area (Å²) in [5, 5.41) is 15.5. The minimum atomic E-state index is -3.46. The van der Waals surface area contributed by atoms with Crippen LogP contribution < -0.4 is 15.4 Å². The van der Waals surface area contributed by atoms with Gasteiger partial charge in [0.25, 0.3) is 0 Å². The molecule has 1 fully saturated rings. The molecule has 0 unspecified atom stereocenters. The van der Waals surface area contributed by atoms with Gasteiger partial charge in [-0.1, -0.05) is 42.8 Å². The summed E-state index contributed by atoms with van der Waals surface area (Å²) >= 11 is 0. The number of nitriles is 1. The predicted molar refractivity (Wildman–Crippen MR) is 115 cm³/mol. The number of nitrogens with one attached hydrogen (secondary N) is 3. The third-order valence-corrected chi connectivity index (χ3v) is 6.69. The summed E-state index contributed by atoms with van der Waals surface area (Å²) in [6.45, 7) is 0.832. The van der Waals surface area contributed by atoms with Crippen LogP contribution in [0.3, 0.4) is 0 Å². The zero-order chi connectivity index (χ0) is 21.6. The molecule has 1 aliphatic rings. The number of hydrogen-bond acceptors (Lipinski definition) is 5. The van der Waals surface area contributed by atoms with Crippen LogP contribution in [0.1, 0.15) is 24.8 Å². The lowest BCUT2D eigenvalue weighted by molar-refractivity contribution is -0.124. The molecular formula is C22H26N4O3S. The van der Waals surface area contributed by atoms with Gasteiger partial charge < -0.3 is 10.6 Å². The van der Waals surface area contributed by atoms with E-state index in [-0.39, 0.29) is 16.8 Å². The van der Waals surface area contributed by atoms with Gasteiger partial charge in [0, 0.05) is 6.42 Å². The van der Waals surface area contributed by atoms with E-state index in [0.717, 1.165) is 42.5 Å². The number of amides is 1. The van der Waals surface area contributed by atoms with Crippen molar-refractivity contribution in [3.8, 4) is 17.2 Å². The van der Waals surface area contributed by atoms with E-state index < -0.39 is 16.1 Å². The monoisotopic (exact) mass is 426 g/mol. The summed E-state index contributed by atoms with van der Waals surface area (Å²) in [5.74, 6) is -0.116. The highest BCUT2D eigenvalue weighted by Crippen LogP contribution is 2.22. The van der Waals surface area contributed by atoms with E-state index in [0.29, 0.717) is 6.42 Å². The fourth-order valence-electron chi connectivity index (χ4n) is 3.49. The van der Waals surface area contributed by atoms with Gasteiger partial charge in [0.1, 0.15) is 6.04 Å². The van der Waals surface area contributed by atoms with Gasteiger partial charge in [0.05, 0.1) is 17.0 Å². The number of nitrogens with zero attached hydrogens (tertiary/aromatic N) is 1. The zero-order valence-electron chi connectivity index (χ0n) is 16.9. The SMILES string of the molecule is CNS(=O)(=O)c1ccc(-c2ccc(C[C@@H](C#N)NC(=O)[C@@H]3CCCCN3)cc2)cc1. The molecule has 1 aliphatic heterocycles. The Labute approximate surface area is 177 Å². The number of hydrogen-bond donors (Lipinski definition) is 3. The Bertz CT molecular complexity index is 1010. The molecule has 30 heavy (non-hydrogen) atoms. The number of rotatable bonds is 7. The number of sulfonamides is 1. The zero-order valence-corrected chi connectivity index (χ0v) is 17.7. The highest BCUT2D eigenvalue weighted by atomic mass is 32.2. The van der Waals surface area contributed by atoms with Crippen molar-refractivity contribution in [2.45, 2.75) is 42.7 Å². The van der Waals surface area contributed by atoms with Gasteiger partial charge in [0.2, 0.25) is 15.9 Å². The van der Waals surface area contributed by atoms with Crippen LogP contribution in [-0.2, 0) is 21.2 Å². The maximum absolute atomic E-state index is 12.3. The van der Waals surface area contributed by atoms with E-state index in [9.17, 15) is 18.5 Å². The van der Waals surface area contributed by atoms with Crippen LogP contribution in [-0.4, -0.2) is 40.0 Å². The molecule has 0 spiro atoms. The van der Waals surface area contributed by atoms with Gasteiger partial charge in [-0.25, -0.2) is 13.1 Å². The smallest absolute Gasteiger partial charge is 0.240 e. The van der Waals surface area contributed by atoms with E-state index in [1.165, 1.54) is 7.05 Å². The Morgan fingerprint density at radius 2 is 1.77 bits per heavy atom. The molecule has 3 rings (SSSR count). The van der Waals surface area contributed by atoms with Crippen LogP contribution in [0.2, 0.25) is 0 Å². The van der Waals surface area contributed by atoms with Crippen molar-refractivity contribution in [3.05, 3.63) is 54.1 Å². The highest BCUT2D eigenvalue weighted by molar-refractivity contribution is 7.89. The maximum Gasteiger partial charge on any atom is 0.240 e. The number of carbonyl (C=O) groups is 1. The van der Waals surface area contributed by atoms with E-state index >= 15 is 0 Å². The van der Waals surface area contributed by atoms with Gasteiger partial charge >= 0.3 is 0 Å². The highest BCUT2D eigenvalue weighted by Gasteiger charge is 2.23. The van der Waals surface area contributed by atoms with Crippen molar-refractivity contribution in [2.75, 3.05) is 13.6 Å². The molecule has 0 bridgehead atoms. The second kappa shape index (κ2) is 9.85. The number of benzene rings is 2. The van der Waals surface area contributed by atoms with Crippen LogP contribution in [0.5, 0.6) is 0 Å². The molecule has 1 amide bonds. The summed E-state index contributed by atoms with van der Waals surface area (Å²) in [5.41, 5.74) is 2.78. The largest absolute Gasteiger partial charge is 0.339 e. The molecule has 158 valence electrons. The lowest BCUT2D eigenvalue weighted by atomic mass is 10.00. The molecular weight excluding hydrogens is 400 g/mol. The van der Waals surface area contributed by atoms with E-state index in [4.69, 9.17) is 0 Å². The van der Waals surface area contributed by atoms with Crippen LogP contribution in [0.15, 0.2) is 53.4 Å². The standard InChI is InChI=1S/C22H26N4O3S/c1-24-30(28,29)20-11-9-18(10-12-20)17-7-5-16(6-8-17)14-19(15-23)26-22(27)21-4-2-3-13-25-21/h5-12,19,21,24-25H,2-4,13-14H2,1H3,(H,26,27)/t19-,21-/m0/s1. The summed E-state index contributed by atoms with van der Waals surface area (Å²) < 4.78 is 26.0. The first kappa shape index (κ1) is 22.0. The predicted octanol–water partition coefficient (Wildman–Crippen LogP) is 1.95. The molecule has 0 aliphatic carbocycles. The summed E-state index contributed by atoms with van der Waals surface area (Å²) in [4.78, 5) is 12.6. The topological polar surface area (TPSA) is 111 Å². The van der Waals surface area contributed by atoms with Crippen LogP contribution in [0.4, 0.5) is 0 Å². The molecule has 2 aromatic rings. The lowest BCUT2D eigenvalue weighted by Gasteiger charge is -2.23. The molecule has 8 heteroatoms. The summed E-state index contributed by atoms with van der Waals surface area (Å²) in [7, 11) is -2.08. The average Bonchev–Trinajstić information content (AvgIpc) is 2.79. The molecule has 2 atom stereocenters. The van der Waals surface area contributed by atoms with Crippen LogP contribution in [0.25, 0.3) is 11.1 Å². The Morgan fingerprint density at radius 3 is 2.30 bits per heavy atom. The molecule has 0 aromatic heterocycles. The maximum atomic E-state index is 12.3. The third-order valence-electron chi connectivity index (χ3n) is 5.26. The minimum Gasteiger partial charge on any atom is -0.339 e. The van der Waals surface area contributed by atoms with Gasteiger partial charge in [-0.05, 0) is 55.3 Å². The van der Waals surface area contributed by atoms with Crippen molar-refractivity contribution in [3.63, 3.8) is 0 Å². The Kier molecular flexibility index (Phi) is 7.21. The van der Waals surface area contributed by atoms with Gasteiger partial charge in [0.15, 0.2) is 0 Å². The lowest BCUT2D eigenvalue weighted by Crippen LogP contribution is -2.49. The average molecular weight is 427 g/mol. The molecule has 3 N–H and O–H groups in total. The first-order chi connectivity index (χ1) is 14.4. The molecule has 7 nitrogen and oxygen atoms in total. The van der Waals surface area contributed by atoms with Gasteiger partial charge in [-0.2, -0.15) is 5.26 Å². The Hall–Kier alpha value is -2.73. The second-order valence-electron chi connectivity index (χ2n) is 7.33. The first-order valence-electron chi connectivity index (χ1n) is 9.99. The van der Waals surface area contributed by atoms with E-state index in [2.05, 4.69) is 21.4 Å². The quantitative estimate of drug-likeness (QED) is 0.627. The van der Waals surface area contributed by atoms with Crippen molar-refractivity contribution in [2.24, 2.45) is 0 Å². The van der Waals surface area contributed by atoms with Crippen molar-refractivity contribution in [1.82, 2.24) is 15.4 Å². The van der Waals surface area contributed by atoms with Crippen LogP contribution in [0, 0.1) is 11.3 Å². The second-order valence-corrected chi connectivity index (χ2v) is 9.21. The minimum absolute atomic E-state index is 0.116. The normalized spacial score (nSPS) is 17.7. The summed E-state index contributed by atoms with van der Waals surface area (Å²) in [6.07, 6.45) is 3.32. The van der Waals surface area contributed by atoms with E-state index in [1.807, 2.05) is 24.3 Å². The Morgan fingerprint density at radius 1 is 1.13 bits per heavy atom. The van der Waals surface area contributed by atoms with Gasteiger partial charge in [-0.15, -0.1) is 0 Å². The first-order valence-corrected chi connectivity index (χ1v) is 11.5. The molecule has 2 aromatic carbocycles. The van der Waals surface area contributed by atoms with E-state index in [1.54, 1.807) is 24.3 Å². The Balaban J connectivity index is 1.63. The number of carbonyl (C=O) groups excluding carboxylic acids is 1. The fraction of sp³-hybridized carbons (Fsp3) is 0.364. The van der Waals surface area contributed by atoms with Crippen molar-refractivity contribution < 1.29 is 13.2 Å². The molecule has 0 radical (unpaired) electrons. The third kappa shape index (κ3) is 5.45. The summed E-state index contributed by atoms with van der Waals surface area (Å²) in [6, 6.07) is 15.7. The molecule has 1 heterocycles. The molecule has 0 saturated carbocycles. The van der Waals surface area contributed by atoms with Crippen molar-refractivity contribution >= 4 is 15.9 Å². The molecule has 1 saturated heterocycles. The number of piperidine rings is 1. The fourth-order valence-corrected chi connectivity index (χ4v) is 4.22. The van der Waals surface area contributed by atoms with Crippen molar-refractivity contribution in [1.29, 1.82) is 5.26 Å². The van der Waals surface area contributed by atoms with Gasteiger partial charge in [-0.3, -0.25) is 4.79 Å². The van der Waals surface area contributed by atoms with Crippen LogP contribution >= 0.6 is 0 Å².